The number of nitrogens with one attached hydrogen (secondary N) is 2. The molecule has 5 nitrogen and oxygen atoms in total. The number of amides is 2. The molecule has 0 aliphatic heterocycles. The van der Waals surface area contributed by atoms with Crippen LogP contribution in [0.5, 0.6) is 5.75 Å². The van der Waals surface area contributed by atoms with Crippen molar-refractivity contribution in [1.82, 2.24) is 10.9 Å². The third-order valence-corrected chi connectivity index (χ3v) is 6.94. The molecule has 0 spiro atoms. The van der Waals surface area contributed by atoms with Crippen molar-refractivity contribution >= 4 is 39.3 Å². The SMILES string of the molecule is O=C(COc1ccc(Cl)cc1Br)NNC(=O)C12CC3CC(CC(C3)C1)C2. The summed E-state index contributed by atoms with van der Waals surface area (Å²) in [7, 11) is 0. The zero-order valence-corrected chi connectivity index (χ0v) is 16.7. The summed E-state index contributed by atoms with van der Waals surface area (Å²) in [6.45, 7) is -0.179. The average molecular weight is 442 g/mol. The summed E-state index contributed by atoms with van der Waals surface area (Å²) in [5, 5.41) is 0.580. The number of hydrazine groups is 1. The van der Waals surface area contributed by atoms with Crippen molar-refractivity contribution < 1.29 is 14.3 Å². The lowest BCUT2D eigenvalue weighted by atomic mass is 9.49. The van der Waals surface area contributed by atoms with Gasteiger partial charge in [0.05, 0.1) is 9.89 Å². The Morgan fingerprint density at radius 2 is 1.73 bits per heavy atom. The molecule has 4 bridgehead atoms. The second kappa shape index (κ2) is 7.04. The van der Waals surface area contributed by atoms with E-state index in [2.05, 4.69) is 26.8 Å². The molecule has 0 saturated heterocycles. The van der Waals surface area contributed by atoms with E-state index >= 15 is 0 Å². The summed E-state index contributed by atoms with van der Waals surface area (Å²) in [6.07, 6.45) is 6.74. The highest BCUT2D eigenvalue weighted by atomic mass is 79.9. The van der Waals surface area contributed by atoms with Crippen LogP contribution in [0.4, 0.5) is 0 Å². The van der Waals surface area contributed by atoms with E-state index in [-0.39, 0.29) is 23.8 Å². The fourth-order valence-electron chi connectivity index (χ4n) is 5.42. The fraction of sp³-hybridized carbons (Fsp3) is 0.579. The highest BCUT2D eigenvalue weighted by Gasteiger charge is 2.54. The predicted molar refractivity (Wildman–Crippen MR) is 102 cm³/mol. The topological polar surface area (TPSA) is 67.4 Å². The van der Waals surface area contributed by atoms with Gasteiger partial charge < -0.3 is 4.74 Å². The predicted octanol–water partition coefficient (Wildman–Crippen LogP) is 3.85. The van der Waals surface area contributed by atoms with E-state index < -0.39 is 0 Å². The Bertz CT molecular complexity index is 704. The molecule has 0 atom stereocenters. The average Bonchev–Trinajstić information content (AvgIpc) is 2.57. The first-order valence-electron chi connectivity index (χ1n) is 9.11. The molecule has 0 aromatic heterocycles. The van der Waals surface area contributed by atoms with Crippen molar-refractivity contribution in [1.29, 1.82) is 0 Å². The van der Waals surface area contributed by atoms with Gasteiger partial charge in [-0.25, -0.2) is 0 Å². The molecule has 4 aliphatic rings. The number of halogens is 2. The van der Waals surface area contributed by atoms with Gasteiger partial charge in [0.15, 0.2) is 6.61 Å². The zero-order chi connectivity index (χ0) is 18.3. The molecule has 4 fully saturated rings. The van der Waals surface area contributed by atoms with Crippen LogP contribution in [0.3, 0.4) is 0 Å². The molecular weight excluding hydrogens is 420 g/mol. The smallest absolute Gasteiger partial charge is 0.276 e. The van der Waals surface area contributed by atoms with Gasteiger partial charge in [-0.15, -0.1) is 0 Å². The maximum atomic E-state index is 12.8. The Labute approximate surface area is 166 Å². The van der Waals surface area contributed by atoms with Gasteiger partial charge >= 0.3 is 0 Å². The minimum atomic E-state index is -0.384. The van der Waals surface area contributed by atoms with Crippen molar-refractivity contribution in [3.8, 4) is 5.75 Å². The Morgan fingerprint density at radius 1 is 1.12 bits per heavy atom. The minimum Gasteiger partial charge on any atom is -0.483 e. The van der Waals surface area contributed by atoms with Gasteiger partial charge in [-0.3, -0.25) is 20.4 Å². The third kappa shape index (κ3) is 3.58. The van der Waals surface area contributed by atoms with Crippen LogP contribution in [0.15, 0.2) is 22.7 Å². The van der Waals surface area contributed by atoms with Gasteiger partial charge in [0.25, 0.3) is 5.91 Å². The first-order chi connectivity index (χ1) is 12.4. The van der Waals surface area contributed by atoms with Gasteiger partial charge in [-0.1, -0.05) is 11.6 Å². The van der Waals surface area contributed by atoms with E-state index in [9.17, 15) is 9.59 Å². The maximum absolute atomic E-state index is 12.8. The number of ether oxygens (including phenoxy) is 1. The van der Waals surface area contributed by atoms with Crippen LogP contribution in [0.2, 0.25) is 5.02 Å². The van der Waals surface area contributed by atoms with Crippen molar-refractivity contribution in [3.05, 3.63) is 27.7 Å². The highest BCUT2D eigenvalue weighted by Crippen LogP contribution is 2.60. The lowest BCUT2D eigenvalue weighted by Gasteiger charge is -2.55. The van der Waals surface area contributed by atoms with E-state index in [1.807, 2.05) is 0 Å². The number of hydrogen-bond donors (Lipinski definition) is 2. The third-order valence-electron chi connectivity index (χ3n) is 6.09. The summed E-state index contributed by atoms with van der Waals surface area (Å²) >= 11 is 9.22. The highest BCUT2D eigenvalue weighted by molar-refractivity contribution is 9.10. The van der Waals surface area contributed by atoms with Crippen molar-refractivity contribution in [2.45, 2.75) is 38.5 Å². The van der Waals surface area contributed by atoms with E-state index in [1.165, 1.54) is 19.3 Å². The van der Waals surface area contributed by atoms with E-state index in [0.717, 1.165) is 19.3 Å². The first kappa shape index (κ1) is 18.1. The van der Waals surface area contributed by atoms with Crippen molar-refractivity contribution in [3.63, 3.8) is 0 Å². The summed E-state index contributed by atoms with van der Waals surface area (Å²) < 4.78 is 6.14. The van der Waals surface area contributed by atoms with E-state index in [0.29, 0.717) is 33.0 Å². The molecule has 5 rings (SSSR count). The van der Waals surface area contributed by atoms with Crippen LogP contribution in [-0.2, 0) is 9.59 Å². The number of benzene rings is 1. The van der Waals surface area contributed by atoms with Crippen LogP contribution >= 0.6 is 27.5 Å². The summed E-state index contributed by atoms with van der Waals surface area (Å²) in [6, 6.07) is 5.08. The van der Waals surface area contributed by atoms with Crippen LogP contribution in [0.25, 0.3) is 0 Å². The minimum absolute atomic E-state index is 0.0300. The zero-order valence-electron chi connectivity index (χ0n) is 14.4. The molecule has 0 heterocycles. The molecule has 140 valence electrons. The number of hydrogen-bond acceptors (Lipinski definition) is 3. The molecule has 1 aromatic carbocycles. The van der Waals surface area contributed by atoms with Gasteiger partial charge in [-0.2, -0.15) is 0 Å². The molecular formula is C19H22BrClN2O3. The molecule has 26 heavy (non-hydrogen) atoms. The molecule has 4 aliphatic carbocycles. The van der Waals surface area contributed by atoms with Gasteiger partial charge in [0, 0.05) is 5.02 Å². The van der Waals surface area contributed by atoms with E-state index in [1.54, 1.807) is 18.2 Å². The lowest BCUT2D eigenvalue weighted by Crippen LogP contribution is -2.57. The van der Waals surface area contributed by atoms with Crippen LogP contribution in [-0.4, -0.2) is 18.4 Å². The van der Waals surface area contributed by atoms with Crippen LogP contribution in [0.1, 0.15) is 38.5 Å². The first-order valence-corrected chi connectivity index (χ1v) is 10.3. The second-order valence-corrected chi connectivity index (χ2v) is 9.35. The Hall–Kier alpha value is -1.27. The quantitative estimate of drug-likeness (QED) is 0.698. The number of rotatable bonds is 4. The summed E-state index contributed by atoms with van der Waals surface area (Å²) in [4.78, 5) is 24.8. The van der Waals surface area contributed by atoms with Crippen molar-refractivity contribution in [2.24, 2.45) is 23.2 Å². The fourth-order valence-corrected chi connectivity index (χ4v) is 6.22. The Morgan fingerprint density at radius 3 is 2.31 bits per heavy atom. The van der Waals surface area contributed by atoms with Gasteiger partial charge in [0.1, 0.15) is 5.75 Å². The Kier molecular flexibility index (Phi) is 4.90. The molecule has 2 N–H and O–H groups in total. The molecule has 0 radical (unpaired) electrons. The van der Waals surface area contributed by atoms with Crippen LogP contribution < -0.4 is 15.6 Å². The number of carbonyl (C=O) groups excluding carboxylic acids is 2. The normalized spacial score (nSPS) is 31.5. The standard InChI is InChI=1S/C19H22BrClN2O3/c20-15-6-14(21)1-2-16(15)26-10-17(24)22-23-18(25)19-7-11-3-12(8-19)5-13(4-11)9-19/h1-2,6,11-13H,3-5,7-10H2,(H,22,24)(H,23,25). The Balaban J connectivity index is 1.28. The van der Waals surface area contributed by atoms with Crippen molar-refractivity contribution in [2.75, 3.05) is 6.61 Å². The van der Waals surface area contributed by atoms with Gasteiger partial charge in [0.2, 0.25) is 5.91 Å². The van der Waals surface area contributed by atoms with Crippen LogP contribution in [0, 0.1) is 23.2 Å². The monoisotopic (exact) mass is 440 g/mol. The molecule has 0 unspecified atom stereocenters. The summed E-state index contributed by atoms with van der Waals surface area (Å²) in [5.41, 5.74) is 4.88. The second-order valence-electron chi connectivity index (χ2n) is 8.06. The molecule has 2 amide bonds. The number of carbonyl (C=O) groups is 2. The van der Waals surface area contributed by atoms with E-state index in [4.69, 9.17) is 16.3 Å². The molecule has 4 saturated carbocycles. The molecule has 1 aromatic rings. The maximum Gasteiger partial charge on any atom is 0.276 e. The molecule has 7 heteroatoms. The van der Waals surface area contributed by atoms with Gasteiger partial charge in [-0.05, 0) is 90.4 Å². The summed E-state index contributed by atoms with van der Waals surface area (Å²) in [5.74, 6) is 2.18. The lowest BCUT2D eigenvalue weighted by molar-refractivity contribution is -0.149. The largest absolute Gasteiger partial charge is 0.483 e.